The summed E-state index contributed by atoms with van der Waals surface area (Å²) in [7, 11) is 0. The van der Waals surface area contributed by atoms with Crippen molar-refractivity contribution in [2.75, 3.05) is 5.75 Å². The van der Waals surface area contributed by atoms with Gasteiger partial charge in [0.05, 0.1) is 11.4 Å². The highest BCUT2D eigenvalue weighted by atomic mass is 32.2. The lowest BCUT2D eigenvalue weighted by molar-refractivity contribution is -0.141. The zero-order valence-electron chi connectivity index (χ0n) is 16.0. The molecule has 0 N–H and O–H groups in total. The third-order valence-corrected chi connectivity index (χ3v) is 7.92. The number of hydrogen-bond acceptors (Lipinski definition) is 5. The van der Waals surface area contributed by atoms with Gasteiger partial charge in [-0.2, -0.15) is 4.68 Å². The van der Waals surface area contributed by atoms with Crippen LogP contribution in [0.2, 0.25) is 0 Å². The number of tetrazole rings is 1. The third-order valence-electron chi connectivity index (χ3n) is 7.00. The molecule has 27 heavy (non-hydrogen) atoms. The average molecular weight is 383 g/mol. The molecule has 0 aliphatic heterocycles. The van der Waals surface area contributed by atoms with Crippen molar-refractivity contribution in [1.82, 2.24) is 20.2 Å². The SMILES string of the molecule is Cc1ccc(C)c(-n2nnnc2SCC(=O)C23CC4CC(CC(C4)C2)C3)c1. The standard InChI is InChI=1S/C21H26N4OS/c1-13-3-4-14(2)18(5-13)25-20(22-23-24-25)27-12-19(26)21-9-15-6-16(10-21)8-17(7-15)11-21/h3-5,15-17H,6-12H2,1-2H3. The summed E-state index contributed by atoms with van der Waals surface area (Å²) in [6.07, 6.45) is 7.47. The van der Waals surface area contributed by atoms with Gasteiger partial charge in [0, 0.05) is 5.41 Å². The van der Waals surface area contributed by atoms with Crippen LogP contribution in [0, 0.1) is 37.0 Å². The first-order chi connectivity index (χ1) is 13.0. The number of aryl methyl sites for hydroxylation is 2. The van der Waals surface area contributed by atoms with Crippen LogP contribution in [0.4, 0.5) is 0 Å². The molecule has 4 aliphatic rings. The Bertz CT molecular complexity index is 855. The molecule has 0 radical (unpaired) electrons. The van der Waals surface area contributed by atoms with E-state index in [9.17, 15) is 4.79 Å². The Hall–Kier alpha value is -1.69. The molecule has 142 valence electrons. The van der Waals surface area contributed by atoms with Crippen LogP contribution in [0.1, 0.15) is 49.7 Å². The first-order valence-corrected chi connectivity index (χ1v) is 11.0. The number of hydrogen-bond donors (Lipinski definition) is 0. The van der Waals surface area contributed by atoms with Crippen LogP contribution >= 0.6 is 11.8 Å². The second kappa shape index (κ2) is 6.43. The van der Waals surface area contributed by atoms with Crippen LogP contribution < -0.4 is 0 Å². The van der Waals surface area contributed by atoms with Gasteiger partial charge >= 0.3 is 0 Å². The predicted octanol–water partition coefficient (Wildman–Crippen LogP) is 4.16. The first kappa shape index (κ1) is 17.4. The molecule has 0 spiro atoms. The second-order valence-corrected chi connectivity index (χ2v) is 10.0. The summed E-state index contributed by atoms with van der Waals surface area (Å²) < 4.78 is 1.78. The largest absolute Gasteiger partial charge is 0.298 e. The molecule has 6 heteroatoms. The Labute approximate surface area is 164 Å². The fraction of sp³-hybridized carbons (Fsp3) is 0.619. The van der Waals surface area contributed by atoms with Crippen molar-refractivity contribution >= 4 is 17.5 Å². The van der Waals surface area contributed by atoms with E-state index >= 15 is 0 Å². The third kappa shape index (κ3) is 3.02. The molecular weight excluding hydrogens is 356 g/mol. The topological polar surface area (TPSA) is 60.7 Å². The minimum Gasteiger partial charge on any atom is -0.298 e. The highest BCUT2D eigenvalue weighted by Gasteiger charge is 2.54. The summed E-state index contributed by atoms with van der Waals surface area (Å²) >= 11 is 1.50. The summed E-state index contributed by atoms with van der Waals surface area (Å²) in [5, 5.41) is 13.0. The Kier molecular flexibility index (Phi) is 4.15. The van der Waals surface area contributed by atoms with E-state index in [0.29, 0.717) is 16.7 Å². The average Bonchev–Trinajstić information content (AvgIpc) is 3.09. The van der Waals surface area contributed by atoms with E-state index in [-0.39, 0.29) is 5.41 Å². The smallest absolute Gasteiger partial charge is 0.214 e. The van der Waals surface area contributed by atoms with Gasteiger partial charge in [0.2, 0.25) is 5.16 Å². The first-order valence-electron chi connectivity index (χ1n) is 10.0. The molecule has 4 aliphatic carbocycles. The Morgan fingerprint density at radius 3 is 2.48 bits per heavy atom. The fourth-order valence-electron chi connectivity index (χ4n) is 6.10. The van der Waals surface area contributed by atoms with E-state index in [4.69, 9.17) is 0 Å². The van der Waals surface area contributed by atoms with Crippen LogP contribution in [0.25, 0.3) is 5.69 Å². The number of nitrogens with zero attached hydrogens (tertiary/aromatic N) is 4. The van der Waals surface area contributed by atoms with Gasteiger partial charge in [-0.05, 0) is 97.7 Å². The molecule has 0 atom stereocenters. The number of carbonyl (C=O) groups is 1. The monoisotopic (exact) mass is 382 g/mol. The van der Waals surface area contributed by atoms with E-state index in [2.05, 4.69) is 47.6 Å². The van der Waals surface area contributed by atoms with Crippen LogP contribution in [-0.2, 0) is 4.79 Å². The zero-order chi connectivity index (χ0) is 18.6. The molecule has 6 rings (SSSR count). The molecule has 1 heterocycles. The van der Waals surface area contributed by atoms with Gasteiger partial charge in [-0.25, -0.2) is 0 Å². The molecule has 0 unspecified atom stereocenters. The fourth-order valence-corrected chi connectivity index (χ4v) is 7.02. The number of ketones is 1. The van der Waals surface area contributed by atoms with Crippen molar-refractivity contribution in [3.05, 3.63) is 29.3 Å². The Balaban J connectivity index is 1.34. The zero-order valence-corrected chi connectivity index (χ0v) is 16.8. The van der Waals surface area contributed by atoms with Crippen molar-refractivity contribution in [2.24, 2.45) is 23.2 Å². The van der Waals surface area contributed by atoms with Gasteiger partial charge in [-0.1, -0.05) is 23.9 Å². The van der Waals surface area contributed by atoms with Crippen molar-refractivity contribution in [1.29, 1.82) is 0 Å². The molecule has 4 bridgehead atoms. The van der Waals surface area contributed by atoms with Gasteiger partial charge in [0.25, 0.3) is 0 Å². The van der Waals surface area contributed by atoms with Gasteiger partial charge in [0.15, 0.2) is 0 Å². The molecule has 2 aromatic rings. The summed E-state index contributed by atoms with van der Waals surface area (Å²) in [6, 6.07) is 6.27. The number of aromatic nitrogens is 4. The number of Topliss-reactive ketones (excluding diaryl/α,β-unsaturated/α-hetero) is 1. The van der Waals surface area contributed by atoms with Crippen molar-refractivity contribution in [3.63, 3.8) is 0 Å². The maximum Gasteiger partial charge on any atom is 0.214 e. The molecule has 0 amide bonds. The minimum absolute atomic E-state index is 0.0424. The second-order valence-electron chi connectivity index (χ2n) is 9.07. The molecule has 4 fully saturated rings. The highest BCUT2D eigenvalue weighted by molar-refractivity contribution is 7.99. The maximum atomic E-state index is 13.3. The van der Waals surface area contributed by atoms with Gasteiger partial charge < -0.3 is 0 Å². The lowest BCUT2D eigenvalue weighted by atomic mass is 9.48. The summed E-state index contributed by atoms with van der Waals surface area (Å²) in [5.74, 6) is 3.31. The van der Waals surface area contributed by atoms with E-state index < -0.39 is 0 Å². The Morgan fingerprint density at radius 1 is 1.15 bits per heavy atom. The van der Waals surface area contributed by atoms with E-state index in [0.717, 1.165) is 48.3 Å². The quantitative estimate of drug-likeness (QED) is 0.727. The molecule has 5 nitrogen and oxygen atoms in total. The predicted molar refractivity (Wildman–Crippen MR) is 105 cm³/mol. The van der Waals surface area contributed by atoms with Gasteiger partial charge in [0.1, 0.15) is 5.78 Å². The van der Waals surface area contributed by atoms with Crippen LogP contribution in [0.15, 0.2) is 23.4 Å². The number of carbonyl (C=O) groups excluding carboxylic acids is 1. The van der Waals surface area contributed by atoms with Crippen molar-refractivity contribution in [3.8, 4) is 5.69 Å². The normalized spacial score (nSPS) is 31.4. The van der Waals surface area contributed by atoms with Crippen LogP contribution in [-0.4, -0.2) is 31.7 Å². The van der Waals surface area contributed by atoms with E-state index in [1.54, 1.807) is 4.68 Å². The van der Waals surface area contributed by atoms with Crippen LogP contribution in [0.3, 0.4) is 0 Å². The lowest BCUT2D eigenvalue weighted by Crippen LogP contribution is -2.50. The van der Waals surface area contributed by atoms with E-state index in [1.165, 1.54) is 36.6 Å². The maximum absolute atomic E-state index is 13.3. The van der Waals surface area contributed by atoms with E-state index in [1.807, 2.05) is 0 Å². The number of thioether (sulfide) groups is 1. The molecule has 0 saturated heterocycles. The highest BCUT2D eigenvalue weighted by Crippen LogP contribution is 2.60. The number of rotatable bonds is 5. The molecule has 1 aromatic carbocycles. The summed E-state index contributed by atoms with van der Waals surface area (Å²) in [5.41, 5.74) is 3.25. The number of benzene rings is 1. The van der Waals surface area contributed by atoms with Gasteiger partial charge in [-0.15, -0.1) is 5.10 Å². The lowest BCUT2D eigenvalue weighted by Gasteiger charge is -2.56. The molecular formula is C21H26N4OS. The minimum atomic E-state index is -0.0424. The van der Waals surface area contributed by atoms with Gasteiger partial charge in [-0.3, -0.25) is 4.79 Å². The van der Waals surface area contributed by atoms with Crippen LogP contribution in [0.5, 0.6) is 0 Å². The molecule has 4 saturated carbocycles. The summed E-state index contributed by atoms with van der Waals surface area (Å²) in [4.78, 5) is 13.3. The van der Waals surface area contributed by atoms with Crippen molar-refractivity contribution < 1.29 is 4.79 Å². The van der Waals surface area contributed by atoms with Crippen molar-refractivity contribution in [2.45, 2.75) is 57.5 Å². The molecule has 1 aromatic heterocycles. The Morgan fingerprint density at radius 2 is 1.81 bits per heavy atom. The summed E-state index contributed by atoms with van der Waals surface area (Å²) in [6.45, 7) is 4.13.